The molecule has 0 atom stereocenters. The van der Waals surface area contributed by atoms with Gasteiger partial charge >= 0.3 is 0 Å². The Morgan fingerprint density at radius 2 is 2.21 bits per heavy atom. The van der Waals surface area contributed by atoms with E-state index in [2.05, 4.69) is 15.9 Å². The molecule has 0 fully saturated rings. The molecule has 19 heavy (non-hydrogen) atoms. The van der Waals surface area contributed by atoms with Gasteiger partial charge in [-0.2, -0.15) is 4.31 Å². The second-order valence-corrected chi connectivity index (χ2v) is 8.46. The molecule has 0 aliphatic heterocycles. The Kier molecular flexibility index (Phi) is 7.23. The summed E-state index contributed by atoms with van der Waals surface area (Å²) in [4.78, 5) is 0. The van der Waals surface area contributed by atoms with E-state index in [1.807, 2.05) is 0 Å². The van der Waals surface area contributed by atoms with E-state index in [0.29, 0.717) is 15.4 Å². The van der Waals surface area contributed by atoms with Crippen LogP contribution in [-0.4, -0.2) is 50.7 Å². The third-order valence-electron chi connectivity index (χ3n) is 2.29. The Morgan fingerprint density at radius 1 is 1.53 bits per heavy atom. The average Bonchev–Trinajstić information content (AvgIpc) is 2.70. The minimum absolute atomic E-state index is 0.0770. The molecule has 0 unspecified atom stereocenters. The highest BCUT2D eigenvalue weighted by atomic mass is 79.9. The number of hydrogen-bond donors (Lipinski definition) is 1. The summed E-state index contributed by atoms with van der Waals surface area (Å²) in [6, 6.07) is 1.43. The van der Waals surface area contributed by atoms with Gasteiger partial charge in [0, 0.05) is 13.1 Å². The van der Waals surface area contributed by atoms with Crippen LogP contribution in [0.15, 0.2) is 14.1 Å². The van der Waals surface area contributed by atoms with E-state index in [-0.39, 0.29) is 30.6 Å². The summed E-state index contributed by atoms with van der Waals surface area (Å²) in [7, 11) is -3.55. The van der Waals surface area contributed by atoms with E-state index in [9.17, 15) is 8.42 Å². The Morgan fingerprint density at radius 3 is 2.68 bits per heavy atom. The van der Waals surface area contributed by atoms with Gasteiger partial charge in [0.1, 0.15) is 4.21 Å². The molecule has 0 aliphatic rings. The van der Waals surface area contributed by atoms with Crippen molar-refractivity contribution in [2.45, 2.75) is 11.1 Å². The summed E-state index contributed by atoms with van der Waals surface area (Å²) in [6.07, 6.45) is 0. The number of nitrogens with zero attached hydrogens (tertiary/aromatic N) is 1. The third-order valence-corrected chi connectivity index (χ3v) is 7.19. The number of thiophene rings is 1. The average molecular weight is 393 g/mol. The molecule has 1 aromatic rings. The standard InChI is InChI=1S/C10H15BrClNO4S2/c1-2-13(3-5-17-6-4-14)19(15,16)9-7-8(12)10(11)18-9/h7,14H,2-6H2,1H3. The number of aliphatic hydroxyl groups is 1. The van der Waals surface area contributed by atoms with E-state index in [0.717, 1.165) is 11.3 Å². The topological polar surface area (TPSA) is 66.8 Å². The first-order valence-corrected chi connectivity index (χ1v) is 8.99. The first-order valence-electron chi connectivity index (χ1n) is 5.57. The van der Waals surface area contributed by atoms with Gasteiger partial charge in [-0.05, 0) is 22.0 Å². The highest BCUT2D eigenvalue weighted by molar-refractivity contribution is 9.11. The number of sulfonamides is 1. The molecule has 5 nitrogen and oxygen atoms in total. The van der Waals surface area contributed by atoms with Gasteiger partial charge in [-0.15, -0.1) is 11.3 Å². The van der Waals surface area contributed by atoms with Gasteiger partial charge < -0.3 is 9.84 Å². The van der Waals surface area contributed by atoms with Gasteiger partial charge in [0.05, 0.1) is 28.6 Å². The predicted molar refractivity (Wildman–Crippen MR) is 79.4 cm³/mol. The van der Waals surface area contributed by atoms with Crippen molar-refractivity contribution in [1.82, 2.24) is 4.31 Å². The highest BCUT2D eigenvalue weighted by Crippen LogP contribution is 2.35. The number of halogens is 2. The Bertz CT molecular complexity index is 486. The van der Waals surface area contributed by atoms with Gasteiger partial charge in [0.25, 0.3) is 10.0 Å². The lowest BCUT2D eigenvalue weighted by Crippen LogP contribution is -2.33. The Hall–Kier alpha value is 0.300. The van der Waals surface area contributed by atoms with Crippen molar-refractivity contribution in [3.63, 3.8) is 0 Å². The number of rotatable bonds is 8. The van der Waals surface area contributed by atoms with Crippen LogP contribution in [0.5, 0.6) is 0 Å². The minimum Gasteiger partial charge on any atom is -0.394 e. The number of ether oxygens (including phenoxy) is 1. The lowest BCUT2D eigenvalue weighted by molar-refractivity contribution is 0.0860. The minimum atomic E-state index is -3.55. The van der Waals surface area contributed by atoms with Crippen LogP contribution in [0, 0.1) is 0 Å². The Labute approximate surface area is 130 Å². The number of aliphatic hydroxyl groups excluding tert-OH is 1. The molecule has 0 amide bonds. The van der Waals surface area contributed by atoms with E-state index < -0.39 is 10.0 Å². The van der Waals surface area contributed by atoms with Crippen molar-refractivity contribution in [1.29, 1.82) is 0 Å². The van der Waals surface area contributed by atoms with Crippen molar-refractivity contribution in [2.75, 3.05) is 32.9 Å². The Balaban J connectivity index is 2.78. The summed E-state index contributed by atoms with van der Waals surface area (Å²) in [5.74, 6) is 0. The second-order valence-electron chi connectivity index (χ2n) is 3.52. The lowest BCUT2D eigenvalue weighted by atomic mass is 10.6. The van der Waals surface area contributed by atoms with Crippen molar-refractivity contribution in [3.8, 4) is 0 Å². The molecule has 1 heterocycles. The van der Waals surface area contributed by atoms with E-state index in [4.69, 9.17) is 21.4 Å². The van der Waals surface area contributed by atoms with Gasteiger partial charge in [-0.25, -0.2) is 8.42 Å². The van der Waals surface area contributed by atoms with Gasteiger partial charge in [0.15, 0.2) is 0 Å². The zero-order chi connectivity index (χ0) is 14.5. The fourth-order valence-electron chi connectivity index (χ4n) is 1.36. The van der Waals surface area contributed by atoms with Crippen LogP contribution in [0.4, 0.5) is 0 Å². The summed E-state index contributed by atoms with van der Waals surface area (Å²) in [5, 5.41) is 8.97. The van der Waals surface area contributed by atoms with E-state index in [1.165, 1.54) is 10.4 Å². The molecule has 9 heteroatoms. The van der Waals surface area contributed by atoms with Crippen LogP contribution in [0.1, 0.15) is 6.92 Å². The first kappa shape index (κ1) is 17.4. The molecule has 0 saturated carbocycles. The van der Waals surface area contributed by atoms with Crippen LogP contribution < -0.4 is 0 Å². The fraction of sp³-hybridized carbons (Fsp3) is 0.600. The molecule has 0 bridgehead atoms. The molecule has 1 rings (SSSR count). The molecule has 0 radical (unpaired) electrons. The van der Waals surface area contributed by atoms with E-state index >= 15 is 0 Å². The first-order chi connectivity index (χ1) is 8.93. The van der Waals surface area contributed by atoms with E-state index in [1.54, 1.807) is 6.92 Å². The predicted octanol–water partition coefficient (Wildman–Crippen LogP) is 2.18. The maximum absolute atomic E-state index is 12.3. The molecule has 1 N–H and O–H groups in total. The van der Waals surface area contributed by atoms with Crippen LogP contribution in [0.2, 0.25) is 5.02 Å². The third kappa shape index (κ3) is 4.66. The molecule has 0 aromatic carbocycles. The van der Waals surface area contributed by atoms with Crippen LogP contribution >= 0.6 is 38.9 Å². The molecule has 0 aliphatic carbocycles. The lowest BCUT2D eigenvalue weighted by Gasteiger charge is -2.19. The van der Waals surface area contributed by atoms with Crippen LogP contribution in [0.25, 0.3) is 0 Å². The number of hydrogen-bond acceptors (Lipinski definition) is 5. The zero-order valence-electron chi connectivity index (χ0n) is 10.3. The maximum atomic E-state index is 12.3. The van der Waals surface area contributed by atoms with Crippen LogP contribution in [-0.2, 0) is 14.8 Å². The molecular formula is C10H15BrClNO4S2. The smallest absolute Gasteiger partial charge is 0.252 e. The summed E-state index contributed by atoms with van der Waals surface area (Å²) in [6.45, 7) is 2.71. The van der Waals surface area contributed by atoms with Gasteiger partial charge in [0.2, 0.25) is 0 Å². The molecular weight excluding hydrogens is 378 g/mol. The quantitative estimate of drug-likeness (QED) is 0.689. The van der Waals surface area contributed by atoms with Crippen molar-refractivity contribution >= 4 is 48.9 Å². The maximum Gasteiger partial charge on any atom is 0.252 e. The second kappa shape index (κ2) is 7.92. The van der Waals surface area contributed by atoms with Crippen molar-refractivity contribution in [3.05, 3.63) is 14.9 Å². The summed E-state index contributed by atoms with van der Waals surface area (Å²) < 4.78 is 31.9. The summed E-state index contributed by atoms with van der Waals surface area (Å²) >= 11 is 10.1. The zero-order valence-corrected chi connectivity index (χ0v) is 14.3. The van der Waals surface area contributed by atoms with Crippen LogP contribution in [0.3, 0.4) is 0 Å². The van der Waals surface area contributed by atoms with Crippen molar-refractivity contribution < 1.29 is 18.3 Å². The molecule has 0 spiro atoms. The van der Waals surface area contributed by atoms with Gasteiger partial charge in [-0.1, -0.05) is 18.5 Å². The molecule has 110 valence electrons. The number of likely N-dealkylation sites (N-methyl/N-ethyl adjacent to an activating group) is 1. The largest absolute Gasteiger partial charge is 0.394 e. The SMILES string of the molecule is CCN(CCOCCO)S(=O)(=O)c1cc(Cl)c(Br)s1. The fourth-order valence-corrected chi connectivity index (χ4v) is 5.35. The monoisotopic (exact) mass is 391 g/mol. The van der Waals surface area contributed by atoms with Gasteiger partial charge in [-0.3, -0.25) is 0 Å². The van der Waals surface area contributed by atoms with Crippen molar-refractivity contribution in [2.24, 2.45) is 0 Å². The molecule has 0 saturated heterocycles. The summed E-state index contributed by atoms with van der Waals surface area (Å²) in [5.41, 5.74) is 0. The normalized spacial score (nSPS) is 12.3. The molecule has 1 aromatic heterocycles. The highest BCUT2D eigenvalue weighted by Gasteiger charge is 2.25.